The second kappa shape index (κ2) is 3.76. The minimum absolute atomic E-state index is 0.210. The lowest BCUT2D eigenvalue weighted by molar-refractivity contribution is -0.157. The van der Waals surface area contributed by atoms with Gasteiger partial charge in [0.1, 0.15) is 12.2 Å². The van der Waals surface area contributed by atoms with Crippen molar-refractivity contribution in [2.75, 3.05) is 0 Å². The van der Waals surface area contributed by atoms with Crippen molar-refractivity contribution in [3.63, 3.8) is 0 Å². The van der Waals surface area contributed by atoms with Crippen LogP contribution in [-0.4, -0.2) is 35.0 Å². The van der Waals surface area contributed by atoms with Crippen LogP contribution in [0, 0.1) is 0 Å². The maximum Gasteiger partial charge on any atom is 0.344 e. The Kier molecular flexibility index (Phi) is 2.73. The summed E-state index contributed by atoms with van der Waals surface area (Å²) in [5.74, 6) is -0.385. The molecule has 0 spiro atoms. The van der Waals surface area contributed by atoms with Gasteiger partial charge in [0.05, 0.1) is 6.10 Å². The minimum atomic E-state index is -1.01. The van der Waals surface area contributed by atoms with Gasteiger partial charge >= 0.3 is 5.97 Å². The van der Waals surface area contributed by atoms with Crippen LogP contribution in [0.5, 0.6) is 0 Å². The Morgan fingerprint density at radius 2 is 2.27 bits per heavy atom. The van der Waals surface area contributed by atoms with Gasteiger partial charge in [0.15, 0.2) is 0 Å². The smallest absolute Gasteiger partial charge is 0.344 e. The Bertz CT molecular complexity index is 265. The van der Waals surface area contributed by atoms with Gasteiger partial charge in [0, 0.05) is 0 Å². The molecule has 4 nitrogen and oxygen atoms in total. The van der Waals surface area contributed by atoms with Crippen molar-refractivity contribution in [2.45, 2.75) is 63.4 Å². The number of hydrogen-bond donors (Lipinski definition) is 1. The van der Waals surface area contributed by atoms with E-state index in [2.05, 4.69) is 6.92 Å². The Labute approximate surface area is 89.6 Å². The molecule has 15 heavy (non-hydrogen) atoms. The highest BCUT2D eigenvalue weighted by atomic mass is 16.7. The zero-order valence-electron chi connectivity index (χ0n) is 9.23. The molecule has 0 aromatic carbocycles. The molecule has 4 heteroatoms. The highest BCUT2D eigenvalue weighted by Gasteiger charge is 2.75. The molecule has 86 valence electrons. The van der Waals surface area contributed by atoms with E-state index >= 15 is 0 Å². The van der Waals surface area contributed by atoms with Crippen LogP contribution in [-0.2, 0) is 14.3 Å². The molecule has 0 aromatic heterocycles. The first-order valence-electron chi connectivity index (χ1n) is 5.70. The lowest BCUT2D eigenvalue weighted by Crippen LogP contribution is -2.37. The molecule has 2 aliphatic rings. The van der Waals surface area contributed by atoms with Gasteiger partial charge in [-0.1, -0.05) is 26.2 Å². The minimum Gasteiger partial charge on any atom is -0.457 e. The van der Waals surface area contributed by atoms with Gasteiger partial charge in [-0.25, -0.2) is 4.79 Å². The third-order valence-corrected chi connectivity index (χ3v) is 3.30. The number of esters is 1. The molecule has 2 saturated heterocycles. The molecule has 0 radical (unpaired) electrons. The largest absolute Gasteiger partial charge is 0.457 e. The highest BCUT2D eigenvalue weighted by Crippen LogP contribution is 2.50. The van der Waals surface area contributed by atoms with Crippen molar-refractivity contribution in [1.82, 2.24) is 0 Å². The number of cyclic esters (lactones) is 1. The number of aliphatic hydroxyl groups is 1. The van der Waals surface area contributed by atoms with Gasteiger partial charge in [-0.15, -0.1) is 0 Å². The number of carbonyl (C=O) groups is 1. The van der Waals surface area contributed by atoms with E-state index in [4.69, 9.17) is 9.47 Å². The van der Waals surface area contributed by atoms with Crippen LogP contribution in [0.15, 0.2) is 0 Å². The van der Waals surface area contributed by atoms with Crippen LogP contribution in [0.4, 0.5) is 0 Å². The first-order valence-corrected chi connectivity index (χ1v) is 5.70. The van der Waals surface area contributed by atoms with E-state index in [1.165, 1.54) is 0 Å². The first kappa shape index (κ1) is 10.9. The molecule has 2 fully saturated rings. The summed E-state index contributed by atoms with van der Waals surface area (Å²) in [6.07, 6.45) is 2.59. The zero-order valence-corrected chi connectivity index (χ0v) is 9.23. The third-order valence-electron chi connectivity index (χ3n) is 3.30. The molecule has 1 N–H and O–H groups in total. The number of carbonyl (C=O) groups excluding carboxylic acids is 1. The summed E-state index contributed by atoms with van der Waals surface area (Å²) in [6.45, 7) is 3.91. The molecular formula is C11H18O4. The van der Waals surface area contributed by atoms with Crippen molar-refractivity contribution in [1.29, 1.82) is 0 Å². The summed E-state index contributed by atoms with van der Waals surface area (Å²) in [4.78, 5) is 11.5. The quantitative estimate of drug-likeness (QED) is 0.421. The number of unbranched alkanes of at least 4 members (excludes halogenated alkanes) is 2. The molecule has 0 saturated carbocycles. The molecule has 4 atom stereocenters. The molecule has 0 aliphatic carbocycles. The van der Waals surface area contributed by atoms with E-state index < -0.39 is 11.7 Å². The first-order chi connectivity index (χ1) is 7.13. The summed E-state index contributed by atoms with van der Waals surface area (Å²) in [5, 5.41) is 9.94. The predicted octanol–water partition coefficient (Wildman–Crippen LogP) is 1.01. The van der Waals surface area contributed by atoms with E-state index in [1.54, 1.807) is 6.92 Å². The van der Waals surface area contributed by atoms with E-state index in [1.807, 2.05) is 0 Å². The standard InChI is InChI=1S/C11H18O4/c1-3-4-5-6-8(12)11-9(15-11)7(2)14-10(11)13/h7-9,12H,3-6H2,1-2H3/t7-,8?,9-,11-/m1/s1. The molecule has 2 heterocycles. The maximum atomic E-state index is 11.5. The summed E-state index contributed by atoms with van der Waals surface area (Å²) in [6, 6.07) is 0. The van der Waals surface area contributed by atoms with E-state index in [9.17, 15) is 9.90 Å². The Balaban J connectivity index is 1.91. The number of hydrogen-bond acceptors (Lipinski definition) is 4. The number of ether oxygens (including phenoxy) is 2. The average molecular weight is 214 g/mol. The van der Waals surface area contributed by atoms with Crippen molar-refractivity contribution in [2.24, 2.45) is 0 Å². The van der Waals surface area contributed by atoms with Crippen LogP contribution in [0.3, 0.4) is 0 Å². The predicted molar refractivity (Wildman–Crippen MR) is 53.3 cm³/mol. The van der Waals surface area contributed by atoms with E-state index in [0.717, 1.165) is 19.3 Å². The summed E-state index contributed by atoms with van der Waals surface area (Å²) >= 11 is 0. The van der Waals surface area contributed by atoms with Crippen molar-refractivity contribution in [3.8, 4) is 0 Å². The van der Waals surface area contributed by atoms with Gasteiger partial charge in [-0.2, -0.15) is 0 Å². The number of rotatable bonds is 5. The fraction of sp³-hybridized carbons (Fsp3) is 0.909. The number of aliphatic hydroxyl groups excluding tert-OH is 1. The Morgan fingerprint density at radius 3 is 2.73 bits per heavy atom. The van der Waals surface area contributed by atoms with Gasteiger partial charge in [-0.05, 0) is 13.3 Å². The topological polar surface area (TPSA) is 59.1 Å². The zero-order chi connectivity index (χ0) is 11.1. The van der Waals surface area contributed by atoms with E-state index in [0.29, 0.717) is 6.42 Å². The highest BCUT2D eigenvalue weighted by molar-refractivity contribution is 5.87. The fourth-order valence-electron chi connectivity index (χ4n) is 2.31. The monoisotopic (exact) mass is 214 g/mol. The average Bonchev–Trinajstić information content (AvgIpc) is 2.89. The Morgan fingerprint density at radius 1 is 1.53 bits per heavy atom. The summed E-state index contributed by atoms with van der Waals surface area (Å²) < 4.78 is 10.4. The van der Waals surface area contributed by atoms with Gasteiger partial charge in [0.2, 0.25) is 5.60 Å². The molecule has 2 aliphatic heterocycles. The second-order valence-corrected chi connectivity index (χ2v) is 4.45. The number of fused-ring (bicyclic) bond motifs is 1. The van der Waals surface area contributed by atoms with Gasteiger partial charge in [-0.3, -0.25) is 0 Å². The lowest BCUT2D eigenvalue weighted by Gasteiger charge is -2.14. The van der Waals surface area contributed by atoms with Crippen LogP contribution in [0.2, 0.25) is 0 Å². The molecule has 0 bridgehead atoms. The van der Waals surface area contributed by atoms with Gasteiger partial charge < -0.3 is 14.6 Å². The normalized spacial score (nSPS) is 39.8. The molecule has 2 rings (SSSR count). The van der Waals surface area contributed by atoms with Crippen LogP contribution >= 0.6 is 0 Å². The second-order valence-electron chi connectivity index (χ2n) is 4.45. The summed E-state index contributed by atoms with van der Waals surface area (Å²) in [5.41, 5.74) is -1.01. The Hall–Kier alpha value is -0.610. The summed E-state index contributed by atoms with van der Waals surface area (Å²) in [7, 11) is 0. The molecular weight excluding hydrogens is 196 g/mol. The third kappa shape index (κ3) is 1.56. The van der Waals surface area contributed by atoms with Crippen molar-refractivity contribution >= 4 is 5.97 Å². The van der Waals surface area contributed by atoms with E-state index in [-0.39, 0.29) is 18.2 Å². The van der Waals surface area contributed by atoms with Crippen molar-refractivity contribution in [3.05, 3.63) is 0 Å². The van der Waals surface area contributed by atoms with Crippen LogP contribution < -0.4 is 0 Å². The van der Waals surface area contributed by atoms with Gasteiger partial charge in [0.25, 0.3) is 0 Å². The van der Waals surface area contributed by atoms with Crippen LogP contribution in [0.1, 0.15) is 39.5 Å². The maximum absolute atomic E-state index is 11.5. The van der Waals surface area contributed by atoms with Crippen LogP contribution in [0.25, 0.3) is 0 Å². The SMILES string of the molecule is CCCCCC(O)[C@@]12O[C@@H]1[C@@H](C)OC2=O. The van der Waals surface area contributed by atoms with Crippen molar-refractivity contribution < 1.29 is 19.4 Å². The molecule has 1 unspecified atom stereocenters. The molecule has 0 aromatic rings. The number of epoxide rings is 1. The molecule has 0 amide bonds. The lowest BCUT2D eigenvalue weighted by atomic mass is 9.94. The fourth-order valence-corrected chi connectivity index (χ4v) is 2.31.